The van der Waals surface area contributed by atoms with Crippen LogP contribution in [0.15, 0.2) is 58.5 Å². The average Bonchev–Trinajstić information content (AvgIpc) is 2.75. The van der Waals surface area contributed by atoms with Crippen molar-refractivity contribution in [2.45, 2.75) is 50.6 Å². The molecule has 0 radical (unpaired) electrons. The van der Waals surface area contributed by atoms with Crippen molar-refractivity contribution in [2.75, 3.05) is 11.9 Å². The molecule has 0 spiro atoms. The Morgan fingerprint density at radius 1 is 1.13 bits per heavy atom. The minimum Gasteiger partial charge on any atom is -0.494 e. The number of nitrogens with one attached hydrogen (secondary N) is 1. The van der Waals surface area contributed by atoms with Crippen LogP contribution in [0.4, 0.5) is 5.69 Å². The fourth-order valence-corrected chi connectivity index (χ4v) is 4.05. The van der Waals surface area contributed by atoms with Crippen molar-refractivity contribution in [3.8, 4) is 5.75 Å². The van der Waals surface area contributed by atoms with Gasteiger partial charge < -0.3 is 10.1 Å². The van der Waals surface area contributed by atoms with Gasteiger partial charge in [0, 0.05) is 11.7 Å². The molecule has 1 aromatic heterocycles. The summed E-state index contributed by atoms with van der Waals surface area (Å²) in [4.78, 5) is 30.5. The molecule has 0 aliphatic rings. The molecule has 3 aromatic rings. The predicted molar refractivity (Wildman–Crippen MR) is 123 cm³/mol. The number of hydrogen-bond acceptors (Lipinski definition) is 5. The lowest BCUT2D eigenvalue weighted by Crippen LogP contribution is -2.28. The molecular formula is C23H27N3O3S. The van der Waals surface area contributed by atoms with Crippen molar-refractivity contribution in [3.63, 3.8) is 0 Å². The molecule has 7 heteroatoms. The number of hydrogen-bond donors (Lipinski definition) is 1. The minimum absolute atomic E-state index is 0.0153. The highest BCUT2D eigenvalue weighted by molar-refractivity contribution is 8.00. The first-order valence-electron chi connectivity index (χ1n) is 10.2. The Morgan fingerprint density at radius 3 is 2.50 bits per heavy atom. The van der Waals surface area contributed by atoms with Crippen molar-refractivity contribution < 1.29 is 9.53 Å². The van der Waals surface area contributed by atoms with Crippen molar-refractivity contribution in [3.05, 3.63) is 58.9 Å². The molecule has 0 saturated heterocycles. The number of thioether (sulfide) groups is 1. The van der Waals surface area contributed by atoms with Crippen molar-refractivity contribution in [1.82, 2.24) is 9.55 Å². The summed E-state index contributed by atoms with van der Waals surface area (Å²) in [5, 5.41) is 3.63. The Hall–Kier alpha value is -2.80. The predicted octanol–water partition coefficient (Wildman–Crippen LogP) is 4.89. The molecule has 1 N–H and O–H groups in total. The molecule has 158 valence electrons. The van der Waals surface area contributed by atoms with E-state index in [-0.39, 0.29) is 17.5 Å². The number of benzene rings is 2. The normalized spacial score (nSPS) is 13.1. The Labute approximate surface area is 180 Å². The van der Waals surface area contributed by atoms with Crippen LogP contribution in [-0.4, -0.2) is 27.3 Å². The van der Waals surface area contributed by atoms with E-state index in [9.17, 15) is 9.59 Å². The van der Waals surface area contributed by atoms with E-state index in [4.69, 9.17) is 9.72 Å². The number of para-hydroxylation sites is 1. The number of nitrogens with zero attached hydrogens (tertiary/aromatic N) is 2. The summed E-state index contributed by atoms with van der Waals surface area (Å²) in [5.74, 6) is 0.609. The van der Waals surface area contributed by atoms with Gasteiger partial charge >= 0.3 is 0 Å². The first-order valence-corrected chi connectivity index (χ1v) is 11.0. The van der Waals surface area contributed by atoms with Crippen LogP contribution in [0.1, 0.15) is 40.2 Å². The van der Waals surface area contributed by atoms with Gasteiger partial charge in [-0.25, -0.2) is 4.98 Å². The quantitative estimate of drug-likeness (QED) is 0.411. The number of anilines is 1. The molecule has 6 nitrogen and oxygen atoms in total. The zero-order chi connectivity index (χ0) is 21.7. The zero-order valence-electron chi connectivity index (χ0n) is 17.7. The highest BCUT2D eigenvalue weighted by Crippen LogP contribution is 2.27. The third kappa shape index (κ3) is 4.84. The van der Waals surface area contributed by atoms with E-state index >= 15 is 0 Å². The lowest BCUT2D eigenvalue weighted by Gasteiger charge is -2.20. The van der Waals surface area contributed by atoms with Crippen LogP contribution in [0.25, 0.3) is 10.9 Å². The fourth-order valence-electron chi connectivity index (χ4n) is 3.04. The maximum atomic E-state index is 13.1. The second kappa shape index (κ2) is 9.80. The first-order chi connectivity index (χ1) is 14.4. The molecule has 0 aliphatic heterocycles. The van der Waals surface area contributed by atoms with Gasteiger partial charge in [0.15, 0.2) is 5.16 Å². The van der Waals surface area contributed by atoms with Gasteiger partial charge in [0.1, 0.15) is 5.75 Å². The molecule has 1 heterocycles. The SMILES string of the molecule is CCOc1ccc(NC(=O)[C@H](C)Sc2nc3ccccc3c(=O)n2[C@@H](C)CC)cc1. The number of aromatic nitrogens is 2. The minimum atomic E-state index is -0.431. The molecule has 30 heavy (non-hydrogen) atoms. The van der Waals surface area contributed by atoms with Gasteiger partial charge in [0.05, 0.1) is 22.8 Å². The Kier molecular flexibility index (Phi) is 7.15. The van der Waals surface area contributed by atoms with Crippen LogP contribution < -0.4 is 15.6 Å². The van der Waals surface area contributed by atoms with E-state index in [1.54, 1.807) is 10.6 Å². The molecule has 2 atom stereocenters. The highest BCUT2D eigenvalue weighted by atomic mass is 32.2. The molecule has 0 saturated carbocycles. The average molecular weight is 426 g/mol. The Bertz CT molecular complexity index is 1080. The number of rotatable bonds is 8. The zero-order valence-corrected chi connectivity index (χ0v) is 18.5. The lowest BCUT2D eigenvalue weighted by molar-refractivity contribution is -0.115. The van der Waals surface area contributed by atoms with Gasteiger partial charge in [0.25, 0.3) is 5.56 Å². The van der Waals surface area contributed by atoms with Gasteiger partial charge in [-0.15, -0.1) is 0 Å². The van der Waals surface area contributed by atoms with Crippen LogP contribution >= 0.6 is 11.8 Å². The van der Waals surface area contributed by atoms with Gasteiger partial charge in [-0.1, -0.05) is 30.8 Å². The molecule has 0 aliphatic carbocycles. The lowest BCUT2D eigenvalue weighted by atomic mass is 10.2. The van der Waals surface area contributed by atoms with Gasteiger partial charge in [-0.3, -0.25) is 14.2 Å². The number of carbonyl (C=O) groups is 1. The third-order valence-corrected chi connectivity index (χ3v) is 5.96. The highest BCUT2D eigenvalue weighted by Gasteiger charge is 2.21. The molecule has 3 rings (SSSR count). The summed E-state index contributed by atoms with van der Waals surface area (Å²) in [7, 11) is 0. The molecule has 0 unspecified atom stereocenters. The smallest absolute Gasteiger partial charge is 0.262 e. The number of amides is 1. The maximum absolute atomic E-state index is 13.1. The number of carbonyl (C=O) groups excluding carboxylic acids is 1. The summed E-state index contributed by atoms with van der Waals surface area (Å²) >= 11 is 1.30. The summed E-state index contributed by atoms with van der Waals surface area (Å²) < 4.78 is 7.13. The van der Waals surface area contributed by atoms with Crippen molar-refractivity contribution in [2.24, 2.45) is 0 Å². The third-order valence-electron chi connectivity index (χ3n) is 4.89. The van der Waals surface area contributed by atoms with Crippen LogP contribution in [-0.2, 0) is 4.79 Å². The van der Waals surface area contributed by atoms with Crippen molar-refractivity contribution in [1.29, 1.82) is 0 Å². The molecule has 2 aromatic carbocycles. The second-order valence-electron chi connectivity index (χ2n) is 7.05. The standard InChI is InChI=1S/C23H27N3O3S/c1-5-15(3)26-22(28)19-9-7-8-10-20(19)25-23(26)30-16(4)21(27)24-17-11-13-18(14-12-17)29-6-2/h7-16H,5-6H2,1-4H3,(H,24,27)/t15-,16-/m0/s1. The summed E-state index contributed by atoms with van der Waals surface area (Å²) in [6, 6.07) is 14.6. The van der Waals surface area contributed by atoms with Crippen LogP contribution in [0.2, 0.25) is 0 Å². The van der Waals surface area contributed by atoms with Crippen molar-refractivity contribution >= 4 is 34.3 Å². The van der Waals surface area contributed by atoms with E-state index in [2.05, 4.69) is 5.32 Å². The van der Waals surface area contributed by atoms with Gasteiger partial charge in [-0.2, -0.15) is 0 Å². The van der Waals surface area contributed by atoms with Gasteiger partial charge in [-0.05, 0) is 63.6 Å². The molecular weight excluding hydrogens is 398 g/mol. The summed E-state index contributed by atoms with van der Waals surface area (Å²) in [6.07, 6.45) is 0.792. The Morgan fingerprint density at radius 2 is 1.83 bits per heavy atom. The van der Waals surface area contributed by atoms with E-state index in [1.807, 2.05) is 70.2 Å². The largest absolute Gasteiger partial charge is 0.494 e. The maximum Gasteiger partial charge on any atom is 0.262 e. The van der Waals surface area contributed by atoms with E-state index < -0.39 is 5.25 Å². The molecule has 1 amide bonds. The summed E-state index contributed by atoms with van der Waals surface area (Å²) in [5.41, 5.74) is 1.27. The topological polar surface area (TPSA) is 73.2 Å². The Balaban J connectivity index is 1.83. The van der Waals surface area contributed by atoms with Gasteiger partial charge in [0.2, 0.25) is 5.91 Å². The number of fused-ring (bicyclic) bond motifs is 1. The number of ether oxygens (including phenoxy) is 1. The monoisotopic (exact) mass is 425 g/mol. The van der Waals surface area contributed by atoms with Crippen LogP contribution in [0, 0.1) is 0 Å². The van der Waals surface area contributed by atoms with E-state index in [0.717, 1.165) is 12.2 Å². The van der Waals surface area contributed by atoms with Crippen LogP contribution in [0.5, 0.6) is 5.75 Å². The molecule has 0 fully saturated rings. The fraction of sp³-hybridized carbons (Fsp3) is 0.348. The summed E-state index contributed by atoms with van der Waals surface area (Å²) in [6.45, 7) is 8.36. The van der Waals surface area contributed by atoms with Crippen LogP contribution in [0.3, 0.4) is 0 Å². The molecule has 0 bridgehead atoms. The van der Waals surface area contributed by atoms with E-state index in [1.165, 1.54) is 11.8 Å². The second-order valence-corrected chi connectivity index (χ2v) is 8.36. The first kappa shape index (κ1) is 21.9. The van der Waals surface area contributed by atoms with E-state index in [0.29, 0.717) is 28.4 Å².